The summed E-state index contributed by atoms with van der Waals surface area (Å²) in [5.41, 5.74) is 0. The molecule has 0 bridgehead atoms. The van der Waals surface area contributed by atoms with Gasteiger partial charge in [0, 0.05) is 0 Å². The Labute approximate surface area is 131 Å². The zero-order valence-corrected chi connectivity index (χ0v) is 12.9. The predicted molar refractivity (Wildman–Crippen MR) is 65.5 cm³/mol. The first-order valence-corrected chi connectivity index (χ1v) is 5.71. The summed E-state index contributed by atoms with van der Waals surface area (Å²) in [7, 11) is -1.42. The summed E-state index contributed by atoms with van der Waals surface area (Å²) in [4.78, 5) is 0. The maximum absolute atomic E-state index is 12.0. The summed E-state index contributed by atoms with van der Waals surface area (Å²) in [5, 5.41) is 1.77. The maximum Gasteiger partial charge on any atom is 2.00 e. The summed E-state index contributed by atoms with van der Waals surface area (Å²) >= 11 is 0. The molecule has 5 heteroatoms. The predicted octanol–water partition coefficient (Wildman–Crippen LogP) is -3.91. The van der Waals surface area contributed by atoms with E-state index in [1.54, 1.807) is 0 Å². The molecule has 1 nitrogen and oxygen atoms in total. The van der Waals surface area contributed by atoms with Crippen LogP contribution in [-0.4, -0.2) is 23.1 Å². The summed E-state index contributed by atoms with van der Waals surface area (Å²) < 4.78 is 12.0. The minimum Gasteiger partial charge on any atom is -1.00 e. The molecular formula is C12H10Cl2MgOP+. The summed E-state index contributed by atoms with van der Waals surface area (Å²) in [5.74, 6) is 0. The molecule has 84 valence electrons. The fourth-order valence-electron chi connectivity index (χ4n) is 1.28. The van der Waals surface area contributed by atoms with Crippen LogP contribution in [0.4, 0.5) is 0 Å². The van der Waals surface area contributed by atoms with E-state index in [1.165, 1.54) is 0 Å². The maximum atomic E-state index is 12.0. The smallest absolute Gasteiger partial charge is 1.00 e. The topological polar surface area (TPSA) is 17.1 Å². The van der Waals surface area contributed by atoms with Crippen LogP contribution in [0.5, 0.6) is 0 Å². The van der Waals surface area contributed by atoms with E-state index < -0.39 is 7.80 Å². The van der Waals surface area contributed by atoms with Crippen LogP contribution in [0.1, 0.15) is 0 Å². The summed E-state index contributed by atoms with van der Waals surface area (Å²) in [6.45, 7) is 0. The first-order chi connectivity index (χ1) is 6.88. The van der Waals surface area contributed by atoms with E-state index >= 15 is 0 Å². The van der Waals surface area contributed by atoms with Crippen molar-refractivity contribution in [3.05, 3.63) is 60.7 Å². The molecule has 0 aliphatic heterocycles. The fraction of sp³-hybridized carbons (Fsp3) is 0. The van der Waals surface area contributed by atoms with Crippen molar-refractivity contribution in [3.63, 3.8) is 0 Å². The second-order valence-electron chi connectivity index (χ2n) is 2.97. The van der Waals surface area contributed by atoms with Gasteiger partial charge >= 0.3 is 30.9 Å². The Bertz CT molecular complexity index is 395. The van der Waals surface area contributed by atoms with Gasteiger partial charge in [-0.3, -0.25) is 0 Å². The van der Waals surface area contributed by atoms with Crippen molar-refractivity contribution in [1.82, 2.24) is 0 Å². The van der Waals surface area contributed by atoms with Gasteiger partial charge in [-0.1, -0.05) is 41.0 Å². The number of hydrogen-bond donors (Lipinski definition) is 0. The fourth-order valence-corrected chi connectivity index (χ4v) is 2.46. The van der Waals surface area contributed by atoms with Gasteiger partial charge in [0.25, 0.3) is 0 Å². The number of rotatable bonds is 2. The molecule has 17 heavy (non-hydrogen) atoms. The van der Waals surface area contributed by atoms with Gasteiger partial charge in [-0.25, -0.2) is 0 Å². The van der Waals surface area contributed by atoms with Crippen molar-refractivity contribution in [1.29, 1.82) is 0 Å². The molecule has 2 rings (SSSR count). The first kappa shape index (κ1) is 19.2. The van der Waals surface area contributed by atoms with E-state index in [0.717, 1.165) is 10.6 Å². The monoisotopic (exact) mass is 295 g/mol. The first-order valence-electron chi connectivity index (χ1n) is 4.45. The number of benzene rings is 2. The molecule has 0 saturated heterocycles. The van der Waals surface area contributed by atoms with Crippen molar-refractivity contribution in [3.8, 4) is 0 Å². The van der Waals surface area contributed by atoms with Crippen LogP contribution in [0.15, 0.2) is 60.7 Å². The molecule has 0 saturated carbocycles. The van der Waals surface area contributed by atoms with Crippen molar-refractivity contribution < 1.29 is 29.4 Å². The summed E-state index contributed by atoms with van der Waals surface area (Å²) in [6.07, 6.45) is 0. The van der Waals surface area contributed by atoms with Crippen molar-refractivity contribution in [2.24, 2.45) is 0 Å². The van der Waals surface area contributed by atoms with Gasteiger partial charge in [-0.15, -0.1) is 0 Å². The second kappa shape index (κ2) is 9.87. The molecule has 2 aromatic rings. The molecule has 0 aliphatic carbocycles. The van der Waals surface area contributed by atoms with Gasteiger partial charge in [-0.2, -0.15) is 0 Å². The van der Waals surface area contributed by atoms with Crippen LogP contribution in [0.3, 0.4) is 0 Å². The largest absolute Gasteiger partial charge is 2.00 e. The Morgan fingerprint density at radius 2 is 0.941 bits per heavy atom. The van der Waals surface area contributed by atoms with Gasteiger partial charge < -0.3 is 24.8 Å². The van der Waals surface area contributed by atoms with Crippen LogP contribution in [-0.2, 0) is 4.57 Å². The molecule has 0 unspecified atom stereocenters. The third-order valence-electron chi connectivity index (χ3n) is 1.98. The van der Waals surface area contributed by atoms with Gasteiger partial charge in [0.05, 0.1) is 0 Å². The average molecular weight is 296 g/mol. The zero-order chi connectivity index (χ0) is 9.80. The zero-order valence-electron chi connectivity index (χ0n) is 9.09. The normalized spacial score (nSPS) is 8.00. The quantitative estimate of drug-likeness (QED) is 0.409. The SMILES string of the molecule is O=[P+](c1ccccc1)c1ccccc1.[Cl-].[Cl-].[Mg+2]. The molecule has 0 aromatic heterocycles. The van der Waals surface area contributed by atoms with Gasteiger partial charge in [0.15, 0.2) is 10.6 Å². The van der Waals surface area contributed by atoms with E-state index in [4.69, 9.17) is 0 Å². The minimum absolute atomic E-state index is 0. The van der Waals surface area contributed by atoms with E-state index in [-0.39, 0.29) is 47.9 Å². The Hall–Kier alpha value is -0.114. The Morgan fingerprint density at radius 3 is 1.24 bits per heavy atom. The Kier molecular flexibility index (Phi) is 11.2. The molecular weight excluding hydrogens is 286 g/mol. The van der Waals surface area contributed by atoms with Gasteiger partial charge in [-0.05, 0) is 24.3 Å². The van der Waals surface area contributed by atoms with E-state index in [2.05, 4.69) is 0 Å². The summed E-state index contributed by atoms with van der Waals surface area (Å²) in [6, 6.07) is 19.1. The molecule has 0 fully saturated rings. The van der Waals surface area contributed by atoms with Crippen LogP contribution < -0.4 is 35.4 Å². The van der Waals surface area contributed by atoms with Crippen LogP contribution in [0, 0.1) is 0 Å². The molecule has 0 amide bonds. The standard InChI is InChI=1S/C12H10OP.2ClH.Mg/c13-14(11-7-3-1-4-8-11)12-9-5-2-6-10-12;;;/h1-10H;2*1H;/q+1;;;+2/p-2. The van der Waals surface area contributed by atoms with Crippen molar-refractivity contribution >= 4 is 41.5 Å². The third-order valence-corrected chi connectivity index (χ3v) is 3.52. The molecule has 0 atom stereocenters. The van der Waals surface area contributed by atoms with Crippen LogP contribution in [0.2, 0.25) is 0 Å². The Balaban J connectivity index is 0. The van der Waals surface area contributed by atoms with Gasteiger partial charge in [0.2, 0.25) is 0 Å². The molecule has 0 N–H and O–H groups in total. The van der Waals surface area contributed by atoms with E-state index in [0.29, 0.717) is 0 Å². The molecule has 2 aromatic carbocycles. The molecule has 0 radical (unpaired) electrons. The van der Waals surface area contributed by atoms with Crippen LogP contribution in [0.25, 0.3) is 0 Å². The number of halogens is 2. The van der Waals surface area contributed by atoms with Crippen LogP contribution >= 0.6 is 7.80 Å². The van der Waals surface area contributed by atoms with Crippen molar-refractivity contribution in [2.75, 3.05) is 0 Å². The van der Waals surface area contributed by atoms with Gasteiger partial charge in [0.1, 0.15) is 0 Å². The number of hydrogen-bond acceptors (Lipinski definition) is 1. The minimum atomic E-state index is -1.42. The molecule has 0 spiro atoms. The average Bonchev–Trinajstić information content (AvgIpc) is 2.30. The van der Waals surface area contributed by atoms with Crippen molar-refractivity contribution in [2.45, 2.75) is 0 Å². The molecule has 0 aliphatic rings. The molecule has 0 heterocycles. The van der Waals surface area contributed by atoms with E-state index in [9.17, 15) is 4.57 Å². The third kappa shape index (κ3) is 5.37. The second-order valence-corrected chi connectivity index (χ2v) is 4.59. The Morgan fingerprint density at radius 1 is 0.647 bits per heavy atom. The van der Waals surface area contributed by atoms with E-state index in [1.807, 2.05) is 60.7 Å².